The van der Waals surface area contributed by atoms with E-state index < -0.39 is 0 Å². The number of fused-ring (bicyclic) bond motifs is 1. The van der Waals surface area contributed by atoms with Gasteiger partial charge >= 0.3 is 0 Å². The largest absolute Gasteiger partial charge is 0.508 e. The molecule has 15 heavy (non-hydrogen) atoms. The number of aromatic hydroxyl groups is 1. The quantitative estimate of drug-likeness (QED) is 0.633. The van der Waals surface area contributed by atoms with E-state index in [0.717, 1.165) is 12.0 Å². The molecule has 2 aliphatic rings. The summed E-state index contributed by atoms with van der Waals surface area (Å²) in [6, 6.07) is 15.9. The summed E-state index contributed by atoms with van der Waals surface area (Å²) >= 11 is 0. The Hall–Kier alpha value is -1.76. The molecule has 1 aromatic rings. The van der Waals surface area contributed by atoms with Crippen LogP contribution in [0.5, 0.6) is 5.75 Å². The summed E-state index contributed by atoms with van der Waals surface area (Å²) in [4.78, 5) is 0. The molecule has 0 atom stereocenters. The minimum atomic E-state index is 0.403. The van der Waals surface area contributed by atoms with Gasteiger partial charge in [0.05, 0.1) is 0 Å². The van der Waals surface area contributed by atoms with Crippen molar-refractivity contribution >= 4 is 0 Å². The number of rotatable bonds is 1. The molecular weight excluding hydrogens is 184 g/mol. The summed E-state index contributed by atoms with van der Waals surface area (Å²) in [7, 11) is 0. The van der Waals surface area contributed by atoms with Crippen LogP contribution in [0.2, 0.25) is 0 Å². The van der Waals surface area contributed by atoms with Crippen LogP contribution in [-0.4, -0.2) is 5.11 Å². The monoisotopic (exact) mass is 198 g/mol. The van der Waals surface area contributed by atoms with Gasteiger partial charge in [0.15, 0.2) is 0 Å². The van der Waals surface area contributed by atoms with Crippen molar-refractivity contribution < 1.29 is 5.11 Å². The average Bonchev–Trinajstić information content (AvgIpc) is 2.25. The number of phenols is 1. The van der Waals surface area contributed by atoms with Gasteiger partial charge in [0.2, 0.25) is 0 Å². The Bertz CT molecular complexity index is 422. The van der Waals surface area contributed by atoms with Gasteiger partial charge in [-0.05, 0) is 29.2 Å². The first kappa shape index (κ1) is 9.78. The van der Waals surface area contributed by atoms with Crippen LogP contribution in [0.4, 0.5) is 0 Å². The zero-order valence-corrected chi connectivity index (χ0v) is 8.77. The molecule has 0 aromatic heterocycles. The summed E-state index contributed by atoms with van der Waals surface area (Å²) in [5.41, 5.74) is 3.86. The minimum absolute atomic E-state index is 0.403. The molecule has 0 radical (unpaired) electrons. The number of para-hydroxylation sites is 1. The molecule has 3 rings (SSSR count). The summed E-state index contributed by atoms with van der Waals surface area (Å²) < 4.78 is 0. The van der Waals surface area contributed by atoms with Crippen molar-refractivity contribution in [2.75, 3.05) is 0 Å². The van der Waals surface area contributed by atoms with Crippen molar-refractivity contribution in [3.8, 4) is 16.9 Å². The lowest BCUT2D eigenvalue weighted by Crippen LogP contribution is -1.85. The van der Waals surface area contributed by atoms with E-state index in [9.17, 15) is 0 Å². The van der Waals surface area contributed by atoms with Gasteiger partial charge in [0.25, 0.3) is 0 Å². The molecule has 2 aliphatic carbocycles. The smallest absolute Gasteiger partial charge is 0.118 e. The fourth-order valence-electron chi connectivity index (χ4n) is 1.47. The van der Waals surface area contributed by atoms with Crippen LogP contribution < -0.4 is 0 Å². The van der Waals surface area contributed by atoms with E-state index in [1.54, 1.807) is 6.07 Å². The molecule has 0 aliphatic heterocycles. The van der Waals surface area contributed by atoms with E-state index >= 15 is 0 Å². The summed E-state index contributed by atoms with van der Waals surface area (Å²) in [5.74, 6) is 0.403. The predicted octanol–water partition coefficient (Wildman–Crippen LogP) is 3.62. The Kier molecular flexibility index (Phi) is 2.72. The first-order chi connectivity index (χ1) is 7.31. The Morgan fingerprint density at radius 3 is 1.67 bits per heavy atom. The van der Waals surface area contributed by atoms with Crippen LogP contribution in [-0.2, 0) is 6.42 Å². The van der Waals surface area contributed by atoms with Gasteiger partial charge in [-0.1, -0.05) is 49.4 Å². The number of hydrogen-bond acceptors (Lipinski definition) is 1. The molecule has 0 bridgehead atoms. The third kappa shape index (κ3) is 2.01. The highest BCUT2D eigenvalue weighted by Crippen LogP contribution is 2.29. The molecule has 0 saturated heterocycles. The van der Waals surface area contributed by atoms with Gasteiger partial charge in [-0.2, -0.15) is 0 Å². The Morgan fingerprint density at radius 1 is 0.867 bits per heavy atom. The van der Waals surface area contributed by atoms with Gasteiger partial charge in [-0.3, -0.25) is 0 Å². The summed E-state index contributed by atoms with van der Waals surface area (Å²) in [5, 5.41) is 9.11. The van der Waals surface area contributed by atoms with E-state index in [-0.39, 0.29) is 0 Å². The van der Waals surface area contributed by atoms with Crippen molar-refractivity contribution in [1.29, 1.82) is 0 Å². The highest BCUT2D eigenvalue weighted by atomic mass is 16.3. The van der Waals surface area contributed by atoms with Crippen LogP contribution >= 0.6 is 0 Å². The van der Waals surface area contributed by atoms with Crippen LogP contribution in [0.1, 0.15) is 12.5 Å². The van der Waals surface area contributed by atoms with E-state index in [4.69, 9.17) is 5.11 Å². The Morgan fingerprint density at radius 2 is 1.40 bits per heavy atom. The van der Waals surface area contributed by atoms with Crippen molar-refractivity contribution in [3.63, 3.8) is 0 Å². The molecular formula is C14H14O. The zero-order valence-electron chi connectivity index (χ0n) is 8.77. The van der Waals surface area contributed by atoms with Gasteiger partial charge in [0, 0.05) is 0 Å². The highest BCUT2D eigenvalue weighted by Gasteiger charge is 2.03. The molecule has 1 aromatic carbocycles. The van der Waals surface area contributed by atoms with E-state index in [1.165, 1.54) is 11.1 Å². The lowest BCUT2D eigenvalue weighted by Gasteiger charge is -2.10. The molecule has 1 N–H and O–H groups in total. The highest BCUT2D eigenvalue weighted by molar-refractivity contribution is 5.75. The van der Waals surface area contributed by atoms with Gasteiger partial charge in [-0.15, -0.1) is 0 Å². The number of phenolic OH excluding ortho intramolecular Hbond substituents is 1. The van der Waals surface area contributed by atoms with Crippen LogP contribution in [0.3, 0.4) is 0 Å². The third-order valence-corrected chi connectivity index (χ3v) is 2.59. The molecule has 1 heteroatoms. The molecule has 0 fully saturated rings. The summed E-state index contributed by atoms with van der Waals surface area (Å²) in [6.07, 6.45) is 0.896. The second-order valence-corrected chi connectivity index (χ2v) is 3.56. The number of hydrogen-bond donors (Lipinski definition) is 1. The first-order valence-electron chi connectivity index (χ1n) is 5.18. The molecule has 0 spiro atoms. The van der Waals surface area contributed by atoms with Gasteiger partial charge in [-0.25, -0.2) is 0 Å². The maximum Gasteiger partial charge on any atom is 0.118 e. The molecule has 0 unspecified atom stereocenters. The van der Waals surface area contributed by atoms with E-state index in [2.05, 4.69) is 24.3 Å². The standard InChI is InChI=1S/C8H10O.C6H4/c1-2-7-5-3-4-6-8(7)9;1-2-6-4-3-5(1)6/h3-6,9H,2H2,1H3;1-4H. The molecule has 1 nitrogen and oxygen atoms in total. The fraction of sp³-hybridized carbons (Fsp3) is 0.143. The zero-order chi connectivity index (χ0) is 10.7. The van der Waals surface area contributed by atoms with E-state index in [0.29, 0.717) is 5.75 Å². The van der Waals surface area contributed by atoms with Crippen LogP contribution in [0.15, 0.2) is 48.5 Å². The second kappa shape index (κ2) is 4.18. The molecule has 0 heterocycles. The van der Waals surface area contributed by atoms with Crippen molar-refractivity contribution in [1.82, 2.24) is 0 Å². The van der Waals surface area contributed by atoms with Gasteiger partial charge < -0.3 is 5.11 Å². The van der Waals surface area contributed by atoms with Crippen molar-refractivity contribution in [2.45, 2.75) is 13.3 Å². The third-order valence-electron chi connectivity index (χ3n) is 2.59. The number of benzene rings is 2. The van der Waals surface area contributed by atoms with E-state index in [1.807, 2.05) is 25.1 Å². The van der Waals surface area contributed by atoms with Crippen molar-refractivity contribution in [3.05, 3.63) is 54.1 Å². The lowest BCUT2D eigenvalue weighted by atomic mass is 9.95. The molecule has 0 saturated carbocycles. The normalized spacial score (nSPS) is 10.2. The Balaban J connectivity index is 0.000000121. The minimum Gasteiger partial charge on any atom is -0.508 e. The van der Waals surface area contributed by atoms with Crippen LogP contribution in [0.25, 0.3) is 11.1 Å². The molecule has 0 amide bonds. The summed E-state index contributed by atoms with van der Waals surface area (Å²) in [6.45, 7) is 2.02. The average molecular weight is 198 g/mol. The maximum atomic E-state index is 9.11. The second-order valence-electron chi connectivity index (χ2n) is 3.56. The van der Waals surface area contributed by atoms with Gasteiger partial charge in [0.1, 0.15) is 5.75 Å². The lowest BCUT2D eigenvalue weighted by molar-refractivity contribution is 0.469. The predicted molar refractivity (Wildman–Crippen MR) is 62.9 cm³/mol. The topological polar surface area (TPSA) is 20.2 Å². The first-order valence-corrected chi connectivity index (χ1v) is 5.18. The fourth-order valence-corrected chi connectivity index (χ4v) is 1.47. The SMILES string of the molecule is CCc1ccccc1O.c1cc2ccc1-2. The maximum absolute atomic E-state index is 9.11. The Labute approximate surface area is 90.0 Å². The molecule has 76 valence electrons. The van der Waals surface area contributed by atoms with Crippen molar-refractivity contribution in [2.24, 2.45) is 0 Å². The van der Waals surface area contributed by atoms with Crippen LogP contribution in [0, 0.1) is 0 Å². The number of aryl methyl sites for hydroxylation is 1.